The number of halogens is 1. The molecule has 0 radical (unpaired) electrons. The van der Waals surface area contributed by atoms with Gasteiger partial charge in [-0.3, -0.25) is 4.68 Å². The van der Waals surface area contributed by atoms with Crippen molar-refractivity contribution in [3.05, 3.63) is 46.2 Å². The highest BCUT2D eigenvalue weighted by Gasteiger charge is 2.13. The lowest BCUT2D eigenvalue weighted by molar-refractivity contribution is 0.292. The monoisotopic (exact) mass is 307 g/mol. The maximum atomic E-state index is 8.73. The fourth-order valence-electron chi connectivity index (χ4n) is 2.01. The van der Waals surface area contributed by atoms with Crippen molar-refractivity contribution in [2.24, 2.45) is 5.16 Å². The molecule has 6 heteroatoms. The second kappa shape index (κ2) is 6.63. The van der Waals surface area contributed by atoms with E-state index in [0.717, 1.165) is 29.2 Å². The van der Waals surface area contributed by atoms with Crippen LogP contribution in [0.3, 0.4) is 0 Å². The third-order valence-corrected chi connectivity index (χ3v) is 3.74. The predicted octanol–water partition coefficient (Wildman–Crippen LogP) is 3.64. The Kier molecular flexibility index (Phi) is 4.85. The van der Waals surface area contributed by atoms with Crippen LogP contribution in [-0.2, 0) is 13.2 Å². The van der Waals surface area contributed by atoms with Crippen molar-refractivity contribution in [3.8, 4) is 5.75 Å². The number of oxime groups is 1. The highest BCUT2D eigenvalue weighted by molar-refractivity contribution is 6.31. The van der Waals surface area contributed by atoms with Crippen LogP contribution in [0, 0.1) is 6.92 Å². The number of ether oxygens (including phenoxy) is 1. The van der Waals surface area contributed by atoms with Gasteiger partial charge in [0.1, 0.15) is 12.4 Å². The summed E-state index contributed by atoms with van der Waals surface area (Å²) in [6, 6.07) is 7.34. The quantitative estimate of drug-likeness (QED) is 0.521. The number of aryl methyl sites for hydroxylation is 2. The molecule has 0 atom stereocenters. The highest BCUT2D eigenvalue weighted by atomic mass is 35.5. The van der Waals surface area contributed by atoms with Crippen LogP contribution in [0.25, 0.3) is 0 Å². The zero-order chi connectivity index (χ0) is 15.4. The molecule has 1 aromatic heterocycles. The van der Waals surface area contributed by atoms with Crippen molar-refractivity contribution < 1.29 is 9.94 Å². The second-order valence-electron chi connectivity index (χ2n) is 4.66. The lowest BCUT2D eigenvalue weighted by Crippen LogP contribution is -2.06. The number of hydrogen-bond acceptors (Lipinski definition) is 4. The van der Waals surface area contributed by atoms with Crippen LogP contribution in [0.1, 0.15) is 30.8 Å². The first-order chi connectivity index (χ1) is 10.1. The van der Waals surface area contributed by atoms with Crippen molar-refractivity contribution in [1.29, 1.82) is 0 Å². The van der Waals surface area contributed by atoms with Crippen LogP contribution >= 0.6 is 11.6 Å². The maximum absolute atomic E-state index is 8.73. The van der Waals surface area contributed by atoms with Gasteiger partial charge in [-0.15, -0.1) is 0 Å². The van der Waals surface area contributed by atoms with Gasteiger partial charge in [-0.25, -0.2) is 0 Å². The van der Waals surface area contributed by atoms with Gasteiger partial charge in [-0.1, -0.05) is 16.8 Å². The fraction of sp³-hybridized carbons (Fsp3) is 0.333. The first-order valence-corrected chi connectivity index (χ1v) is 7.08. The van der Waals surface area contributed by atoms with Crippen LogP contribution in [0.4, 0.5) is 0 Å². The first kappa shape index (κ1) is 15.4. The van der Waals surface area contributed by atoms with Gasteiger partial charge in [-0.05, 0) is 50.6 Å². The van der Waals surface area contributed by atoms with E-state index in [-0.39, 0.29) is 0 Å². The van der Waals surface area contributed by atoms with Crippen LogP contribution in [-0.4, -0.2) is 20.7 Å². The summed E-state index contributed by atoms with van der Waals surface area (Å²) in [4.78, 5) is 0. The van der Waals surface area contributed by atoms with Crippen molar-refractivity contribution >= 4 is 17.3 Å². The van der Waals surface area contributed by atoms with E-state index in [4.69, 9.17) is 21.5 Å². The van der Waals surface area contributed by atoms with E-state index < -0.39 is 0 Å². The molecule has 0 aliphatic rings. The lowest BCUT2D eigenvalue weighted by Gasteiger charge is -2.09. The van der Waals surface area contributed by atoms with Crippen molar-refractivity contribution in [1.82, 2.24) is 9.78 Å². The average molecular weight is 308 g/mol. The molecule has 0 amide bonds. The number of benzene rings is 1. The van der Waals surface area contributed by atoms with Gasteiger partial charge in [0.15, 0.2) is 0 Å². The zero-order valence-corrected chi connectivity index (χ0v) is 13.1. The summed E-state index contributed by atoms with van der Waals surface area (Å²) in [5.41, 5.74) is 3.08. The molecule has 0 bridgehead atoms. The predicted molar refractivity (Wildman–Crippen MR) is 82.4 cm³/mol. The Labute approximate surface area is 128 Å². The molecular formula is C15H18ClN3O2. The summed E-state index contributed by atoms with van der Waals surface area (Å²) in [5.74, 6) is 0.724. The van der Waals surface area contributed by atoms with Gasteiger partial charge in [0.25, 0.3) is 0 Å². The van der Waals surface area contributed by atoms with Gasteiger partial charge in [-0.2, -0.15) is 5.10 Å². The van der Waals surface area contributed by atoms with Crippen molar-refractivity contribution in [3.63, 3.8) is 0 Å². The Bertz CT molecular complexity index is 648. The number of nitrogens with zero attached hydrogens (tertiary/aromatic N) is 3. The highest BCUT2D eigenvalue weighted by Crippen LogP contribution is 2.22. The number of rotatable bonds is 5. The molecule has 0 saturated heterocycles. The summed E-state index contributed by atoms with van der Waals surface area (Å²) in [7, 11) is 0. The van der Waals surface area contributed by atoms with E-state index in [1.807, 2.05) is 42.8 Å². The van der Waals surface area contributed by atoms with E-state index in [1.54, 1.807) is 6.92 Å². The average Bonchev–Trinajstić information content (AvgIpc) is 2.79. The molecule has 21 heavy (non-hydrogen) atoms. The molecular weight excluding hydrogens is 290 g/mol. The molecule has 0 saturated carbocycles. The topological polar surface area (TPSA) is 59.6 Å². The number of hydrogen-bond donors (Lipinski definition) is 1. The number of aromatic nitrogens is 2. The lowest BCUT2D eigenvalue weighted by atomic mass is 10.1. The second-order valence-corrected chi connectivity index (χ2v) is 5.04. The van der Waals surface area contributed by atoms with Crippen LogP contribution in [0.15, 0.2) is 29.4 Å². The molecule has 1 N–H and O–H groups in total. The van der Waals surface area contributed by atoms with Crippen LogP contribution in [0.2, 0.25) is 5.02 Å². The smallest absolute Gasteiger partial charge is 0.131 e. The fourth-order valence-corrected chi connectivity index (χ4v) is 2.20. The minimum Gasteiger partial charge on any atom is -0.487 e. The molecule has 2 aromatic rings. The summed E-state index contributed by atoms with van der Waals surface area (Å²) in [6.07, 6.45) is 0. The largest absolute Gasteiger partial charge is 0.487 e. The standard InChI is InChI=1S/C15H18ClN3O2/c1-4-19-14(15(16)11(3)17-19)9-21-13-7-5-12(6-8-13)10(2)18-20/h5-8,20H,4,9H2,1-3H3. The molecule has 0 aliphatic carbocycles. The van der Waals surface area contributed by atoms with E-state index in [0.29, 0.717) is 17.3 Å². The van der Waals surface area contributed by atoms with Crippen molar-refractivity contribution in [2.45, 2.75) is 33.9 Å². The van der Waals surface area contributed by atoms with E-state index >= 15 is 0 Å². The Hall–Kier alpha value is -2.01. The molecule has 112 valence electrons. The van der Waals surface area contributed by atoms with E-state index in [9.17, 15) is 0 Å². The summed E-state index contributed by atoms with van der Waals surface area (Å²) < 4.78 is 7.59. The normalized spacial score (nSPS) is 11.7. The molecule has 5 nitrogen and oxygen atoms in total. The van der Waals surface area contributed by atoms with Gasteiger partial charge >= 0.3 is 0 Å². The Morgan fingerprint density at radius 3 is 2.62 bits per heavy atom. The van der Waals surface area contributed by atoms with E-state index in [1.165, 1.54) is 0 Å². The maximum Gasteiger partial charge on any atom is 0.131 e. The van der Waals surface area contributed by atoms with Gasteiger partial charge in [0, 0.05) is 6.54 Å². The Morgan fingerprint density at radius 2 is 2.05 bits per heavy atom. The first-order valence-electron chi connectivity index (χ1n) is 6.70. The minimum absolute atomic E-state index is 0.361. The molecule has 1 aromatic carbocycles. The Balaban J connectivity index is 2.10. The molecule has 1 heterocycles. The minimum atomic E-state index is 0.361. The summed E-state index contributed by atoms with van der Waals surface area (Å²) in [5, 5.41) is 16.9. The summed E-state index contributed by atoms with van der Waals surface area (Å²) in [6.45, 7) is 6.73. The van der Waals surface area contributed by atoms with Gasteiger partial charge in [0.05, 0.1) is 22.1 Å². The molecule has 0 aliphatic heterocycles. The third kappa shape index (κ3) is 3.36. The SMILES string of the molecule is CCn1nc(C)c(Cl)c1COc1ccc(C(C)=NO)cc1. The van der Waals surface area contributed by atoms with Crippen LogP contribution in [0.5, 0.6) is 5.75 Å². The van der Waals surface area contributed by atoms with Crippen molar-refractivity contribution in [2.75, 3.05) is 0 Å². The summed E-state index contributed by atoms with van der Waals surface area (Å²) >= 11 is 6.24. The molecule has 0 fully saturated rings. The third-order valence-electron chi connectivity index (χ3n) is 3.25. The molecule has 0 unspecified atom stereocenters. The Morgan fingerprint density at radius 1 is 1.38 bits per heavy atom. The molecule has 2 rings (SSSR count). The van der Waals surface area contributed by atoms with Gasteiger partial charge < -0.3 is 9.94 Å². The van der Waals surface area contributed by atoms with Gasteiger partial charge in [0.2, 0.25) is 0 Å². The van der Waals surface area contributed by atoms with Crippen LogP contribution < -0.4 is 4.74 Å². The van der Waals surface area contributed by atoms with E-state index in [2.05, 4.69) is 10.3 Å². The zero-order valence-electron chi connectivity index (χ0n) is 12.3. The molecule has 0 spiro atoms.